The molecular formula is C24H22F2O3S. The molecule has 0 aromatic heterocycles. The molecule has 0 aliphatic heterocycles. The van der Waals surface area contributed by atoms with Gasteiger partial charge in [0.1, 0.15) is 5.75 Å². The molecule has 0 heterocycles. The maximum atomic E-state index is 12.7. The standard InChI is InChI=1S/C24H22F2O3S/c1-15-13-21(11-12-22(15)29-14-23(27)28)30-16(2)17-3-5-18(6-4-17)19-7-9-20(10-8-19)24(25)26/h3-13,16,24H,14H2,1-2H3,(H,27,28). The maximum Gasteiger partial charge on any atom is 0.341 e. The molecule has 0 radical (unpaired) electrons. The Hall–Kier alpha value is -2.86. The van der Waals surface area contributed by atoms with Crippen LogP contribution in [0.15, 0.2) is 71.6 Å². The second-order valence-corrected chi connectivity index (χ2v) is 8.33. The zero-order chi connectivity index (χ0) is 21.7. The molecule has 30 heavy (non-hydrogen) atoms. The SMILES string of the molecule is Cc1cc(SC(C)c2ccc(-c3ccc(C(F)F)cc3)cc2)ccc1OCC(=O)O. The molecule has 1 unspecified atom stereocenters. The van der Waals surface area contributed by atoms with Crippen LogP contribution in [-0.2, 0) is 4.79 Å². The average Bonchev–Trinajstić information content (AvgIpc) is 2.73. The van der Waals surface area contributed by atoms with Gasteiger partial charge in [0.15, 0.2) is 6.61 Å². The molecule has 0 aliphatic carbocycles. The molecule has 6 heteroatoms. The summed E-state index contributed by atoms with van der Waals surface area (Å²) in [5.41, 5.74) is 3.94. The summed E-state index contributed by atoms with van der Waals surface area (Å²) in [6, 6.07) is 20.1. The minimum absolute atomic E-state index is 0.0232. The number of carboxylic acids is 1. The number of alkyl halides is 2. The van der Waals surface area contributed by atoms with E-state index in [1.165, 1.54) is 12.1 Å². The van der Waals surface area contributed by atoms with E-state index in [0.717, 1.165) is 27.1 Å². The number of benzene rings is 3. The van der Waals surface area contributed by atoms with Gasteiger partial charge < -0.3 is 9.84 Å². The highest BCUT2D eigenvalue weighted by Crippen LogP contribution is 2.37. The van der Waals surface area contributed by atoms with Crippen LogP contribution in [-0.4, -0.2) is 17.7 Å². The minimum Gasteiger partial charge on any atom is -0.482 e. The molecule has 0 bridgehead atoms. The van der Waals surface area contributed by atoms with Crippen molar-refractivity contribution in [2.45, 2.75) is 30.4 Å². The molecule has 1 atom stereocenters. The fourth-order valence-corrected chi connectivity index (χ4v) is 4.13. The van der Waals surface area contributed by atoms with Crippen molar-refractivity contribution < 1.29 is 23.4 Å². The summed E-state index contributed by atoms with van der Waals surface area (Å²) >= 11 is 1.70. The van der Waals surface area contributed by atoms with Crippen molar-refractivity contribution in [1.82, 2.24) is 0 Å². The number of hydrogen-bond donors (Lipinski definition) is 1. The van der Waals surface area contributed by atoms with E-state index in [4.69, 9.17) is 9.84 Å². The Labute approximate surface area is 178 Å². The fourth-order valence-electron chi connectivity index (χ4n) is 3.04. The number of carbonyl (C=O) groups is 1. The van der Waals surface area contributed by atoms with E-state index in [1.54, 1.807) is 30.0 Å². The normalized spacial score (nSPS) is 12.0. The van der Waals surface area contributed by atoms with Gasteiger partial charge in [-0.1, -0.05) is 48.5 Å². The van der Waals surface area contributed by atoms with Gasteiger partial charge in [-0.05, 0) is 54.3 Å². The topological polar surface area (TPSA) is 46.5 Å². The van der Waals surface area contributed by atoms with Gasteiger partial charge in [0, 0.05) is 15.7 Å². The first-order valence-electron chi connectivity index (χ1n) is 9.44. The van der Waals surface area contributed by atoms with Gasteiger partial charge in [0.25, 0.3) is 6.43 Å². The van der Waals surface area contributed by atoms with Crippen LogP contribution in [0.5, 0.6) is 5.75 Å². The number of ether oxygens (including phenoxy) is 1. The Morgan fingerprint density at radius 3 is 2.03 bits per heavy atom. The molecule has 0 spiro atoms. The lowest BCUT2D eigenvalue weighted by Crippen LogP contribution is -2.10. The highest BCUT2D eigenvalue weighted by molar-refractivity contribution is 7.99. The third-order valence-electron chi connectivity index (χ3n) is 4.69. The zero-order valence-electron chi connectivity index (χ0n) is 16.6. The van der Waals surface area contributed by atoms with Crippen LogP contribution < -0.4 is 4.74 Å². The molecule has 0 saturated heterocycles. The summed E-state index contributed by atoms with van der Waals surface area (Å²) in [5.74, 6) is -0.438. The van der Waals surface area contributed by atoms with E-state index in [9.17, 15) is 13.6 Å². The first-order chi connectivity index (χ1) is 14.3. The Morgan fingerprint density at radius 1 is 0.967 bits per heavy atom. The predicted octanol–water partition coefficient (Wildman–Crippen LogP) is 6.92. The minimum atomic E-state index is -2.46. The number of carboxylic acid groups (broad SMARTS) is 1. The third kappa shape index (κ3) is 5.60. The Morgan fingerprint density at radius 2 is 1.53 bits per heavy atom. The van der Waals surface area contributed by atoms with Crippen molar-refractivity contribution in [2.75, 3.05) is 6.61 Å². The van der Waals surface area contributed by atoms with E-state index in [1.807, 2.05) is 43.3 Å². The largest absolute Gasteiger partial charge is 0.482 e. The van der Waals surface area contributed by atoms with Crippen LogP contribution in [0, 0.1) is 6.92 Å². The number of halogens is 2. The van der Waals surface area contributed by atoms with Gasteiger partial charge in [-0.2, -0.15) is 0 Å². The summed E-state index contributed by atoms with van der Waals surface area (Å²) in [6.45, 7) is 3.64. The fraction of sp³-hybridized carbons (Fsp3) is 0.208. The van der Waals surface area contributed by atoms with Crippen molar-refractivity contribution in [3.8, 4) is 16.9 Å². The molecule has 0 aliphatic rings. The molecule has 156 valence electrons. The van der Waals surface area contributed by atoms with Crippen LogP contribution in [0.25, 0.3) is 11.1 Å². The number of hydrogen-bond acceptors (Lipinski definition) is 3. The lowest BCUT2D eigenvalue weighted by molar-refractivity contribution is -0.139. The van der Waals surface area contributed by atoms with Crippen molar-refractivity contribution in [3.63, 3.8) is 0 Å². The van der Waals surface area contributed by atoms with Gasteiger partial charge in [-0.3, -0.25) is 0 Å². The molecule has 1 N–H and O–H groups in total. The second kappa shape index (κ2) is 9.76. The van der Waals surface area contributed by atoms with E-state index in [2.05, 4.69) is 6.92 Å². The van der Waals surface area contributed by atoms with Crippen molar-refractivity contribution in [1.29, 1.82) is 0 Å². The van der Waals surface area contributed by atoms with E-state index >= 15 is 0 Å². The number of aryl methyl sites for hydroxylation is 1. The van der Waals surface area contributed by atoms with Crippen LogP contribution in [0.1, 0.15) is 35.3 Å². The van der Waals surface area contributed by atoms with Gasteiger partial charge in [0.05, 0.1) is 0 Å². The van der Waals surface area contributed by atoms with Crippen molar-refractivity contribution >= 4 is 17.7 Å². The van der Waals surface area contributed by atoms with Crippen molar-refractivity contribution in [3.05, 3.63) is 83.4 Å². The summed E-state index contributed by atoms with van der Waals surface area (Å²) in [5, 5.41) is 8.93. The molecule has 3 aromatic carbocycles. The highest BCUT2D eigenvalue weighted by atomic mass is 32.2. The molecule has 0 amide bonds. The number of thioether (sulfide) groups is 1. The lowest BCUT2D eigenvalue weighted by atomic mass is 10.0. The summed E-state index contributed by atoms with van der Waals surface area (Å²) < 4.78 is 30.7. The van der Waals surface area contributed by atoms with Crippen LogP contribution in [0.3, 0.4) is 0 Å². The Kier molecular flexibility index (Phi) is 7.11. The average molecular weight is 429 g/mol. The second-order valence-electron chi connectivity index (χ2n) is 6.91. The maximum absolute atomic E-state index is 12.7. The van der Waals surface area contributed by atoms with E-state index in [-0.39, 0.29) is 17.4 Å². The third-order valence-corrected chi connectivity index (χ3v) is 5.84. The molecule has 3 aromatic rings. The quantitative estimate of drug-likeness (QED) is 0.396. The van der Waals surface area contributed by atoms with E-state index in [0.29, 0.717) is 5.75 Å². The monoisotopic (exact) mass is 428 g/mol. The smallest absolute Gasteiger partial charge is 0.341 e. The predicted molar refractivity (Wildman–Crippen MR) is 115 cm³/mol. The summed E-state index contributed by atoms with van der Waals surface area (Å²) in [7, 11) is 0. The molecular weight excluding hydrogens is 406 g/mol. The Balaban J connectivity index is 1.66. The molecule has 3 nitrogen and oxygen atoms in total. The Bertz CT molecular complexity index is 1000. The first kappa shape index (κ1) is 21.8. The zero-order valence-corrected chi connectivity index (χ0v) is 17.5. The van der Waals surface area contributed by atoms with Gasteiger partial charge in [0.2, 0.25) is 0 Å². The first-order valence-corrected chi connectivity index (χ1v) is 10.3. The van der Waals surface area contributed by atoms with Gasteiger partial charge in [-0.25, -0.2) is 13.6 Å². The molecule has 3 rings (SSSR count). The number of rotatable bonds is 8. The highest BCUT2D eigenvalue weighted by Gasteiger charge is 2.11. The number of aliphatic carboxylic acids is 1. The summed E-state index contributed by atoms with van der Waals surface area (Å²) in [4.78, 5) is 11.7. The van der Waals surface area contributed by atoms with Gasteiger partial charge >= 0.3 is 5.97 Å². The molecule has 0 fully saturated rings. The van der Waals surface area contributed by atoms with Gasteiger partial charge in [-0.15, -0.1) is 11.8 Å². The lowest BCUT2D eigenvalue weighted by Gasteiger charge is -2.14. The molecule has 0 saturated carbocycles. The van der Waals surface area contributed by atoms with Crippen LogP contribution >= 0.6 is 11.8 Å². The van der Waals surface area contributed by atoms with E-state index < -0.39 is 12.4 Å². The van der Waals surface area contributed by atoms with Crippen LogP contribution in [0.4, 0.5) is 8.78 Å². The van der Waals surface area contributed by atoms with Crippen molar-refractivity contribution in [2.24, 2.45) is 0 Å². The van der Waals surface area contributed by atoms with Crippen LogP contribution in [0.2, 0.25) is 0 Å². The summed E-state index contributed by atoms with van der Waals surface area (Å²) in [6.07, 6.45) is -2.46.